The smallest absolute Gasteiger partial charge is 0.335 e. The number of aromatic carboxylic acids is 1. The van der Waals surface area contributed by atoms with Gasteiger partial charge in [-0.25, -0.2) is 9.78 Å². The van der Waals surface area contributed by atoms with Crippen molar-refractivity contribution in [2.45, 2.75) is 46.1 Å². The first-order chi connectivity index (χ1) is 9.44. The molecule has 1 heterocycles. The van der Waals surface area contributed by atoms with E-state index in [0.717, 1.165) is 36.1 Å². The number of carboxylic acid groups (broad SMARTS) is 1. The number of aromatic nitrogens is 2. The van der Waals surface area contributed by atoms with E-state index in [4.69, 9.17) is 4.98 Å². The van der Waals surface area contributed by atoms with Gasteiger partial charge in [-0.3, -0.25) is 0 Å². The van der Waals surface area contributed by atoms with Crippen molar-refractivity contribution >= 4 is 17.0 Å². The number of hydrogen-bond donors (Lipinski definition) is 1. The van der Waals surface area contributed by atoms with E-state index in [1.54, 1.807) is 12.1 Å². The lowest BCUT2D eigenvalue weighted by atomic mass is 10.1. The number of fused-ring (bicyclic) bond motifs is 1. The third-order valence-electron chi connectivity index (χ3n) is 4.26. The van der Waals surface area contributed by atoms with Crippen LogP contribution in [0.25, 0.3) is 11.0 Å². The van der Waals surface area contributed by atoms with E-state index < -0.39 is 5.97 Å². The third kappa shape index (κ3) is 1.99. The molecule has 0 aliphatic heterocycles. The van der Waals surface area contributed by atoms with Gasteiger partial charge >= 0.3 is 5.97 Å². The molecule has 4 heteroatoms. The van der Waals surface area contributed by atoms with Crippen LogP contribution < -0.4 is 0 Å². The number of benzene rings is 1. The van der Waals surface area contributed by atoms with Crippen molar-refractivity contribution in [3.05, 3.63) is 29.6 Å². The second kappa shape index (κ2) is 4.33. The SMILES string of the molecule is CCCc1nc2ccc(C(=O)O)cc2n1C1CC1(C)C. The predicted octanol–water partition coefficient (Wildman–Crippen LogP) is 3.66. The van der Waals surface area contributed by atoms with Crippen molar-refractivity contribution in [3.63, 3.8) is 0 Å². The highest BCUT2D eigenvalue weighted by Crippen LogP contribution is 2.56. The van der Waals surface area contributed by atoms with Crippen molar-refractivity contribution in [2.75, 3.05) is 0 Å². The van der Waals surface area contributed by atoms with E-state index in [9.17, 15) is 9.90 Å². The zero-order valence-corrected chi connectivity index (χ0v) is 12.2. The highest BCUT2D eigenvalue weighted by molar-refractivity contribution is 5.92. The summed E-state index contributed by atoms with van der Waals surface area (Å²) in [5, 5.41) is 9.17. The summed E-state index contributed by atoms with van der Waals surface area (Å²) in [6.07, 6.45) is 3.11. The maximum Gasteiger partial charge on any atom is 0.335 e. The summed E-state index contributed by atoms with van der Waals surface area (Å²) in [5.41, 5.74) is 2.49. The number of rotatable bonds is 4. The minimum atomic E-state index is -0.883. The Balaban J connectivity index is 2.18. The second-order valence-corrected chi connectivity index (χ2v) is 6.37. The molecule has 1 atom stereocenters. The molecule has 1 aliphatic carbocycles. The predicted molar refractivity (Wildman–Crippen MR) is 78.1 cm³/mol. The molecule has 0 spiro atoms. The van der Waals surface area contributed by atoms with Crippen LogP contribution in [0.3, 0.4) is 0 Å². The summed E-state index contributed by atoms with van der Waals surface area (Å²) in [4.78, 5) is 15.9. The Hall–Kier alpha value is -1.84. The summed E-state index contributed by atoms with van der Waals surface area (Å²) in [5.74, 6) is 0.201. The van der Waals surface area contributed by atoms with Crippen molar-refractivity contribution in [1.82, 2.24) is 9.55 Å². The van der Waals surface area contributed by atoms with Crippen LogP contribution >= 0.6 is 0 Å². The van der Waals surface area contributed by atoms with Crippen LogP contribution in [-0.4, -0.2) is 20.6 Å². The van der Waals surface area contributed by atoms with Gasteiger partial charge in [-0.2, -0.15) is 0 Å². The fourth-order valence-electron chi connectivity index (χ4n) is 2.90. The molecule has 0 bridgehead atoms. The fraction of sp³-hybridized carbons (Fsp3) is 0.500. The largest absolute Gasteiger partial charge is 0.478 e. The number of carboxylic acids is 1. The first-order valence-corrected chi connectivity index (χ1v) is 7.18. The first kappa shape index (κ1) is 13.2. The van der Waals surface area contributed by atoms with Gasteiger partial charge in [0.25, 0.3) is 0 Å². The number of aryl methyl sites for hydroxylation is 1. The summed E-state index contributed by atoms with van der Waals surface area (Å²) < 4.78 is 2.27. The van der Waals surface area contributed by atoms with E-state index >= 15 is 0 Å². The van der Waals surface area contributed by atoms with E-state index in [0.29, 0.717) is 11.6 Å². The molecule has 2 aromatic rings. The number of carbonyl (C=O) groups is 1. The van der Waals surface area contributed by atoms with Gasteiger partial charge < -0.3 is 9.67 Å². The van der Waals surface area contributed by atoms with Crippen LogP contribution in [0.15, 0.2) is 18.2 Å². The molecular formula is C16H20N2O2. The minimum Gasteiger partial charge on any atom is -0.478 e. The van der Waals surface area contributed by atoms with Gasteiger partial charge in [0.2, 0.25) is 0 Å². The van der Waals surface area contributed by atoms with Gasteiger partial charge in [0.15, 0.2) is 0 Å². The van der Waals surface area contributed by atoms with Crippen molar-refractivity contribution in [3.8, 4) is 0 Å². The molecule has 1 N–H and O–H groups in total. The van der Waals surface area contributed by atoms with Gasteiger partial charge in [0.1, 0.15) is 5.82 Å². The molecule has 106 valence electrons. The quantitative estimate of drug-likeness (QED) is 0.924. The van der Waals surface area contributed by atoms with Gasteiger partial charge in [0, 0.05) is 12.5 Å². The van der Waals surface area contributed by atoms with Gasteiger partial charge in [-0.15, -0.1) is 0 Å². The molecule has 1 unspecified atom stereocenters. The molecule has 0 amide bonds. The average Bonchev–Trinajstić information content (AvgIpc) is 2.85. The van der Waals surface area contributed by atoms with Crippen LogP contribution in [-0.2, 0) is 6.42 Å². The summed E-state index contributed by atoms with van der Waals surface area (Å²) in [7, 11) is 0. The van der Waals surface area contributed by atoms with Crippen molar-refractivity contribution in [2.24, 2.45) is 5.41 Å². The summed E-state index contributed by atoms with van der Waals surface area (Å²) in [6, 6.07) is 5.66. The molecular weight excluding hydrogens is 252 g/mol. The fourth-order valence-corrected chi connectivity index (χ4v) is 2.90. The molecule has 4 nitrogen and oxygen atoms in total. The number of imidazole rings is 1. The van der Waals surface area contributed by atoms with Gasteiger partial charge in [-0.05, 0) is 36.5 Å². The van der Waals surface area contributed by atoms with Crippen LogP contribution in [0.2, 0.25) is 0 Å². The zero-order chi connectivity index (χ0) is 14.5. The molecule has 0 saturated heterocycles. The first-order valence-electron chi connectivity index (χ1n) is 7.18. The van der Waals surface area contributed by atoms with Crippen LogP contribution in [0.4, 0.5) is 0 Å². The maximum atomic E-state index is 11.2. The Morgan fingerprint density at radius 3 is 2.75 bits per heavy atom. The Bertz CT molecular complexity index is 685. The third-order valence-corrected chi connectivity index (χ3v) is 4.26. The summed E-state index contributed by atoms with van der Waals surface area (Å²) >= 11 is 0. The van der Waals surface area contributed by atoms with Gasteiger partial charge in [0.05, 0.1) is 16.6 Å². The Kier molecular flexibility index (Phi) is 2.85. The summed E-state index contributed by atoms with van der Waals surface area (Å²) in [6.45, 7) is 6.64. The molecule has 3 rings (SSSR count). The second-order valence-electron chi connectivity index (χ2n) is 6.37. The van der Waals surface area contributed by atoms with E-state index in [-0.39, 0.29) is 5.41 Å². The highest BCUT2D eigenvalue weighted by atomic mass is 16.4. The molecule has 1 aromatic carbocycles. The van der Waals surface area contributed by atoms with Crippen LogP contribution in [0, 0.1) is 5.41 Å². The van der Waals surface area contributed by atoms with Gasteiger partial charge in [-0.1, -0.05) is 20.8 Å². The van der Waals surface area contributed by atoms with Crippen LogP contribution in [0.5, 0.6) is 0 Å². The standard InChI is InChI=1S/C16H20N2O2/c1-4-5-14-17-11-7-6-10(15(19)20)8-12(11)18(14)13-9-16(13,2)3/h6-8,13H,4-5,9H2,1-3H3,(H,19,20). The van der Waals surface area contributed by atoms with Crippen molar-refractivity contribution < 1.29 is 9.90 Å². The number of nitrogens with zero attached hydrogens (tertiary/aromatic N) is 2. The lowest BCUT2D eigenvalue weighted by Gasteiger charge is -2.11. The van der Waals surface area contributed by atoms with E-state index in [1.165, 1.54) is 0 Å². The molecule has 20 heavy (non-hydrogen) atoms. The van der Waals surface area contributed by atoms with E-state index in [1.807, 2.05) is 6.07 Å². The zero-order valence-electron chi connectivity index (χ0n) is 12.2. The lowest BCUT2D eigenvalue weighted by molar-refractivity contribution is 0.0697. The average molecular weight is 272 g/mol. The molecule has 1 saturated carbocycles. The minimum absolute atomic E-state index is 0.287. The lowest BCUT2D eigenvalue weighted by Crippen LogP contribution is -2.06. The molecule has 1 fully saturated rings. The van der Waals surface area contributed by atoms with E-state index in [2.05, 4.69) is 25.3 Å². The van der Waals surface area contributed by atoms with Crippen molar-refractivity contribution in [1.29, 1.82) is 0 Å². The maximum absolute atomic E-state index is 11.2. The number of hydrogen-bond acceptors (Lipinski definition) is 2. The molecule has 1 aliphatic rings. The Labute approximate surface area is 118 Å². The topological polar surface area (TPSA) is 55.1 Å². The normalized spacial score (nSPS) is 20.2. The molecule has 1 aromatic heterocycles. The highest BCUT2D eigenvalue weighted by Gasteiger charge is 2.48. The molecule has 0 radical (unpaired) electrons. The monoisotopic (exact) mass is 272 g/mol. The van der Waals surface area contributed by atoms with Crippen LogP contribution in [0.1, 0.15) is 55.8 Å². The Morgan fingerprint density at radius 2 is 2.20 bits per heavy atom. The Morgan fingerprint density at radius 1 is 1.50 bits per heavy atom.